The summed E-state index contributed by atoms with van der Waals surface area (Å²) in [5.41, 5.74) is 0.259. The van der Waals surface area contributed by atoms with Gasteiger partial charge in [0.25, 0.3) is 5.91 Å². The number of hydrogen-bond donors (Lipinski definition) is 2. The summed E-state index contributed by atoms with van der Waals surface area (Å²) in [6.45, 7) is 2.94. The van der Waals surface area contributed by atoms with Crippen LogP contribution in [0.4, 0.5) is 10.2 Å². The summed E-state index contributed by atoms with van der Waals surface area (Å²) in [5, 5.41) is 5.68. The molecule has 0 unspecified atom stereocenters. The number of aromatic nitrogens is 1. The largest absolute Gasteiger partial charge is 0.372 e. The topological polar surface area (TPSA) is 54.0 Å². The Bertz CT molecular complexity index is 484. The number of amides is 1. The Balaban J connectivity index is 1.83. The van der Waals surface area contributed by atoms with Gasteiger partial charge in [-0.2, -0.15) is 0 Å². The van der Waals surface area contributed by atoms with E-state index in [4.69, 9.17) is 0 Å². The summed E-state index contributed by atoms with van der Waals surface area (Å²) in [4.78, 5) is 16.0. The summed E-state index contributed by atoms with van der Waals surface area (Å²) in [6.07, 6.45) is 7.18. The van der Waals surface area contributed by atoms with Gasteiger partial charge in [-0.1, -0.05) is 32.6 Å². The van der Waals surface area contributed by atoms with E-state index in [-0.39, 0.29) is 11.5 Å². The van der Waals surface area contributed by atoms with Crippen molar-refractivity contribution in [2.45, 2.75) is 39.0 Å². The number of halogens is 1. The zero-order chi connectivity index (χ0) is 15.2. The standard InChI is InChI=1S/C16H24FN3O/c1-11-3-5-12(6-4-11)7-8-19-16(21)14-9-13(17)10-20-15(14)18-2/h9-12H,3-8H2,1-2H3,(H,18,20)(H,19,21). The van der Waals surface area contributed by atoms with Crippen molar-refractivity contribution in [1.29, 1.82) is 0 Å². The summed E-state index contributed by atoms with van der Waals surface area (Å²) in [5.74, 6) is 1.18. The van der Waals surface area contributed by atoms with Crippen LogP contribution in [0, 0.1) is 17.7 Å². The number of nitrogens with one attached hydrogen (secondary N) is 2. The number of carbonyl (C=O) groups excluding carboxylic acids is 1. The van der Waals surface area contributed by atoms with Crippen LogP contribution < -0.4 is 10.6 Å². The first kappa shape index (κ1) is 15.7. The quantitative estimate of drug-likeness (QED) is 0.876. The van der Waals surface area contributed by atoms with E-state index in [9.17, 15) is 9.18 Å². The van der Waals surface area contributed by atoms with E-state index in [1.807, 2.05) is 0 Å². The maximum absolute atomic E-state index is 13.2. The normalized spacial score (nSPS) is 21.9. The van der Waals surface area contributed by atoms with Gasteiger partial charge >= 0.3 is 0 Å². The van der Waals surface area contributed by atoms with Crippen LogP contribution in [-0.2, 0) is 0 Å². The fraction of sp³-hybridized carbons (Fsp3) is 0.625. The fourth-order valence-electron chi connectivity index (χ4n) is 2.91. The van der Waals surface area contributed by atoms with Gasteiger partial charge in [0.2, 0.25) is 0 Å². The molecule has 1 aromatic rings. The smallest absolute Gasteiger partial charge is 0.255 e. The second kappa shape index (κ2) is 7.38. The zero-order valence-corrected chi connectivity index (χ0v) is 12.8. The molecule has 1 aliphatic carbocycles. The van der Waals surface area contributed by atoms with Gasteiger partial charge in [0, 0.05) is 13.6 Å². The molecule has 0 atom stereocenters. The van der Waals surface area contributed by atoms with Crippen LogP contribution in [0.2, 0.25) is 0 Å². The minimum absolute atomic E-state index is 0.259. The van der Waals surface area contributed by atoms with Crippen molar-refractivity contribution in [3.05, 3.63) is 23.6 Å². The van der Waals surface area contributed by atoms with Gasteiger partial charge in [-0.25, -0.2) is 9.37 Å². The van der Waals surface area contributed by atoms with Crippen molar-refractivity contribution in [1.82, 2.24) is 10.3 Å². The average molecular weight is 293 g/mol. The van der Waals surface area contributed by atoms with Gasteiger partial charge in [-0.05, 0) is 24.3 Å². The summed E-state index contributed by atoms with van der Waals surface area (Å²) in [7, 11) is 1.67. The molecule has 1 heterocycles. The van der Waals surface area contributed by atoms with Crippen molar-refractivity contribution in [3.63, 3.8) is 0 Å². The van der Waals surface area contributed by atoms with Crippen LogP contribution >= 0.6 is 0 Å². The Labute approximate surface area is 125 Å². The second-order valence-corrected chi connectivity index (χ2v) is 5.97. The van der Waals surface area contributed by atoms with Gasteiger partial charge in [0.1, 0.15) is 11.6 Å². The van der Waals surface area contributed by atoms with E-state index in [0.29, 0.717) is 18.3 Å². The Hall–Kier alpha value is -1.65. The molecule has 2 rings (SSSR count). The Morgan fingerprint density at radius 1 is 1.38 bits per heavy atom. The summed E-state index contributed by atoms with van der Waals surface area (Å²) >= 11 is 0. The molecule has 2 N–H and O–H groups in total. The van der Waals surface area contributed by atoms with Crippen LogP contribution in [0.5, 0.6) is 0 Å². The molecular weight excluding hydrogens is 269 g/mol. The maximum Gasteiger partial charge on any atom is 0.255 e. The summed E-state index contributed by atoms with van der Waals surface area (Å²) < 4.78 is 13.2. The van der Waals surface area contributed by atoms with Crippen LogP contribution in [0.1, 0.15) is 49.4 Å². The first-order chi connectivity index (χ1) is 10.1. The van der Waals surface area contributed by atoms with E-state index in [1.54, 1.807) is 7.05 Å². The van der Waals surface area contributed by atoms with Gasteiger partial charge in [0.05, 0.1) is 11.8 Å². The molecule has 0 saturated heterocycles. The molecule has 1 fully saturated rings. The third-order valence-corrected chi connectivity index (χ3v) is 4.31. The Kier molecular flexibility index (Phi) is 5.53. The number of anilines is 1. The predicted octanol–water partition coefficient (Wildman–Crippen LogP) is 3.21. The molecule has 0 bridgehead atoms. The Morgan fingerprint density at radius 3 is 2.76 bits per heavy atom. The van der Waals surface area contributed by atoms with Crippen molar-refractivity contribution in [2.75, 3.05) is 18.9 Å². The van der Waals surface area contributed by atoms with Crippen LogP contribution in [0.15, 0.2) is 12.3 Å². The first-order valence-corrected chi connectivity index (χ1v) is 7.71. The first-order valence-electron chi connectivity index (χ1n) is 7.71. The van der Waals surface area contributed by atoms with E-state index in [0.717, 1.165) is 18.5 Å². The molecule has 21 heavy (non-hydrogen) atoms. The fourth-order valence-corrected chi connectivity index (χ4v) is 2.91. The van der Waals surface area contributed by atoms with Crippen LogP contribution in [0.25, 0.3) is 0 Å². The molecule has 1 amide bonds. The van der Waals surface area contributed by atoms with Gasteiger partial charge < -0.3 is 10.6 Å². The monoisotopic (exact) mass is 293 g/mol. The minimum atomic E-state index is -0.500. The van der Waals surface area contributed by atoms with E-state index in [2.05, 4.69) is 22.5 Å². The molecule has 0 aliphatic heterocycles. The molecular formula is C16H24FN3O. The average Bonchev–Trinajstić information content (AvgIpc) is 2.49. The highest BCUT2D eigenvalue weighted by molar-refractivity contribution is 5.98. The number of carbonyl (C=O) groups is 1. The molecule has 116 valence electrons. The lowest BCUT2D eigenvalue weighted by Crippen LogP contribution is -2.27. The number of rotatable bonds is 5. The van der Waals surface area contributed by atoms with E-state index < -0.39 is 5.82 Å². The van der Waals surface area contributed by atoms with Crippen molar-refractivity contribution >= 4 is 11.7 Å². The number of nitrogens with zero attached hydrogens (tertiary/aromatic N) is 1. The molecule has 0 spiro atoms. The second-order valence-electron chi connectivity index (χ2n) is 5.97. The van der Waals surface area contributed by atoms with Gasteiger partial charge in [-0.3, -0.25) is 4.79 Å². The number of hydrogen-bond acceptors (Lipinski definition) is 3. The highest BCUT2D eigenvalue weighted by Crippen LogP contribution is 2.29. The molecule has 1 saturated carbocycles. The highest BCUT2D eigenvalue weighted by Gasteiger charge is 2.18. The molecule has 0 radical (unpaired) electrons. The third kappa shape index (κ3) is 4.41. The van der Waals surface area contributed by atoms with Crippen molar-refractivity contribution in [2.24, 2.45) is 11.8 Å². The lowest BCUT2D eigenvalue weighted by atomic mass is 9.81. The number of pyridine rings is 1. The molecule has 1 aliphatic rings. The third-order valence-electron chi connectivity index (χ3n) is 4.31. The molecule has 5 heteroatoms. The Morgan fingerprint density at radius 2 is 2.10 bits per heavy atom. The van der Waals surface area contributed by atoms with Crippen LogP contribution in [0.3, 0.4) is 0 Å². The van der Waals surface area contributed by atoms with Crippen molar-refractivity contribution in [3.8, 4) is 0 Å². The molecule has 1 aromatic heterocycles. The lowest BCUT2D eigenvalue weighted by Gasteiger charge is -2.26. The summed E-state index contributed by atoms with van der Waals surface area (Å²) in [6, 6.07) is 1.22. The highest BCUT2D eigenvalue weighted by atomic mass is 19.1. The predicted molar refractivity (Wildman–Crippen MR) is 81.8 cm³/mol. The van der Waals surface area contributed by atoms with Crippen LogP contribution in [-0.4, -0.2) is 24.5 Å². The zero-order valence-electron chi connectivity index (χ0n) is 12.8. The molecule has 4 nitrogen and oxygen atoms in total. The minimum Gasteiger partial charge on any atom is -0.372 e. The maximum atomic E-state index is 13.2. The molecule has 0 aromatic carbocycles. The van der Waals surface area contributed by atoms with E-state index in [1.165, 1.54) is 31.7 Å². The van der Waals surface area contributed by atoms with Gasteiger partial charge in [-0.15, -0.1) is 0 Å². The van der Waals surface area contributed by atoms with Crippen molar-refractivity contribution < 1.29 is 9.18 Å². The van der Waals surface area contributed by atoms with E-state index >= 15 is 0 Å². The SMILES string of the molecule is CNc1ncc(F)cc1C(=O)NCCC1CCC(C)CC1. The lowest BCUT2D eigenvalue weighted by molar-refractivity contribution is 0.0949. The van der Waals surface area contributed by atoms with Gasteiger partial charge in [0.15, 0.2) is 0 Å².